The van der Waals surface area contributed by atoms with E-state index in [0.717, 1.165) is 6.07 Å². The number of aryl methyl sites for hydroxylation is 1. The van der Waals surface area contributed by atoms with Crippen LogP contribution in [0.2, 0.25) is 0 Å². The Morgan fingerprint density at radius 2 is 1.88 bits per heavy atom. The highest BCUT2D eigenvalue weighted by Crippen LogP contribution is 2.38. The van der Waals surface area contributed by atoms with Crippen LogP contribution in [0, 0.1) is 17.0 Å². The molecule has 5 atom stereocenters. The Balaban J connectivity index is 1.87. The molecule has 1 amide bonds. The summed E-state index contributed by atoms with van der Waals surface area (Å²) in [4.78, 5) is 22.2. The third kappa shape index (κ3) is 5.56. The summed E-state index contributed by atoms with van der Waals surface area (Å²) in [7, 11) is 0. The normalized spacial score (nSPS) is 24.7. The van der Waals surface area contributed by atoms with Crippen LogP contribution in [0.1, 0.15) is 12.5 Å². The molecule has 12 nitrogen and oxygen atoms in total. The number of nitrogens with zero attached hydrogens (tertiary/aromatic N) is 1. The molecule has 178 valence electrons. The number of carbonyl (C=O) groups is 1. The molecule has 3 rings (SSSR count). The molecule has 5 N–H and O–H groups in total. The second-order valence-electron chi connectivity index (χ2n) is 7.47. The predicted molar refractivity (Wildman–Crippen MR) is 113 cm³/mol. The predicted octanol–water partition coefficient (Wildman–Crippen LogP) is 0.833. The van der Waals surface area contributed by atoms with Crippen LogP contribution in [0.25, 0.3) is 0 Å². The number of nitro groups is 1. The first kappa shape index (κ1) is 24.4. The average molecular weight is 464 g/mol. The second-order valence-corrected chi connectivity index (χ2v) is 7.47. The maximum Gasteiger partial charge on any atom is 0.315 e. The Bertz CT molecular complexity index is 1030. The van der Waals surface area contributed by atoms with Gasteiger partial charge in [0.15, 0.2) is 0 Å². The Labute approximate surface area is 188 Å². The highest BCUT2D eigenvalue weighted by molar-refractivity contribution is 5.88. The average Bonchev–Trinajstić information content (AvgIpc) is 2.75. The van der Waals surface area contributed by atoms with Crippen molar-refractivity contribution in [3.05, 3.63) is 52.1 Å². The summed E-state index contributed by atoms with van der Waals surface area (Å²) < 4.78 is 16.5. The van der Waals surface area contributed by atoms with Crippen LogP contribution in [-0.2, 0) is 9.53 Å². The Morgan fingerprint density at radius 1 is 1.15 bits per heavy atom. The van der Waals surface area contributed by atoms with E-state index in [4.69, 9.17) is 14.2 Å². The van der Waals surface area contributed by atoms with Crippen LogP contribution in [0.15, 0.2) is 36.4 Å². The quantitative estimate of drug-likeness (QED) is 0.291. The van der Waals surface area contributed by atoms with Gasteiger partial charge in [0.2, 0.25) is 17.9 Å². The van der Waals surface area contributed by atoms with E-state index < -0.39 is 47.9 Å². The molecule has 1 saturated heterocycles. The van der Waals surface area contributed by atoms with Gasteiger partial charge in [-0.3, -0.25) is 14.9 Å². The van der Waals surface area contributed by atoms with Crippen LogP contribution in [0.3, 0.4) is 0 Å². The monoisotopic (exact) mass is 464 g/mol. The molecule has 2 aromatic carbocycles. The van der Waals surface area contributed by atoms with E-state index >= 15 is 0 Å². The van der Waals surface area contributed by atoms with Crippen LogP contribution in [0.5, 0.6) is 17.2 Å². The van der Waals surface area contributed by atoms with Gasteiger partial charge in [-0.2, -0.15) is 0 Å². The van der Waals surface area contributed by atoms with Crippen LogP contribution in [-0.4, -0.2) is 68.6 Å². The molecule has 0 radical (unpaired) electrons. The lowest BCUT2D eigenvalue weighted by molar-refractivity contribution is -0.385. The lowest BCUT2D eigenvalue weighted by Gasteiger charge is -2.39. The van der Waals surface area contributed by atoms with Gasteiger partial charge in [0, 0.05) is 18.7 Å². The second kappa shape index (κ2) is 10.1. The molecule has 0 aromatic heterocycles. The summed E-state index contributed by atoms with van der Waals surface area (Å²) in [5.74, 6) is -0.181. The number of rotatable bonds is 7. The molecular formula is C21H24N2O10. The molecular weight excluding hydrogens is 440 g/mol. The van der Waals surface area contributed by atoms with Crippen LogP contribution >= 0.6 is 0 Å². The molecule has 2 aromatic rings. The number of nitro benzene ring substituents is 1. The summed E-state index contributed by atoms with van der Waals surface area (Å²) in [6.07, 6.45) is -7.59. The van der Waals surface area contributed by atoms with E-state index in [1.807, 2.05) is 0 Å². The maximum absolute atomic E-state index is 11.7. The SMILES string of the molecule is CC(=O)Nc1cccc(Oc2cc(C)c(OC3OC(CO)C(O)C(O)C3O)cc2[N+](=O)[O-])c1. The van der Waals surface area contributed by atoms with Gasteiger partial charge in [0.05, 0.1) is 17.6 Å². The van der Waals surface area contributed by atoms with Crippen molar-refractivity contribution in [1.29, 1.82) is 0 Å². The van der Waals surface area contributed by atoms with Crippen LogP contribution < -0.4 is 14.8 Å². The van der Waals surface area contributed by atoms with Crippen molar-refractivity contribution in [2.45, 2.75) is 44.6 Å². The zero-order valence-electron chi connectivity index (χ0n) is 17.7. The topological polar surface area (TPSA) is 181 Å². The van der Waals surface area contributed by atoms with Gasteiger partial charge in [-0.25, -0.2) is 0 Å². The molecule has 1 fully saturated rings. The molecule has 0 saturated carbocycles. The van der Waals surface area contributed by atoms with E-state index in [0.29, 0.717) is 11.3 Å². The van der Waals surface area contributed by atoms with Crippen LogP contribution in [0.4, 0.5) is 11.4 Å². The number of anilines is 1. The number of aliphatic hydroxyl groups excluding tert-OH is 4. The maximum atomic E-state index is 11.7. The van der Waals surface area contributed by atoms with Crippen molar-refractivity contribution < 1.29 is 44.4 Å². The lowest BCUT2D eigenvalue weighted by atomic mass is 9.99. The standard InChI is InChI=1S/C21H24N2O10/c1-10-6-16(31-13-5-3-4-12(7-13)22-11(2)25)14(23(29)30)8-15(10)32-21-20(28)19(27)18(26)17(9-24)33-21/h3-8,17-21,24,26-28H,9H2,1-2H3,(H,22,25). The molecule has 0 bridgehead atoms. The molecule has 0 aliphatic carbocycles. The molecule has 1 aliphatic heterocycles. The number of benzene rings is 2. The number of ether oxygens (including phenoxy) is 3. The minimum Gasteiger partial charge on any atom is -0.461 e. The van der Waals surface area contributed by atoms with Crippen molar-refractivity contribution in [2.24, 2.45) is 0 Å². The van der Waals surface area contributed by atoms with Gasteiger partial charge < -0.3 is 40.0 Å². The first-order chi connectivity index (χ1) is 15.6. The number of carbonyl (C=O) groups excluding carboxylic acids is 1. The van der Waals surface area contributed by atoms with Crippen molar-refractivity contribution >= 4 is 17.3 Å². The highest BCUT2D eigenvalue weighted by Gasteiger charge is 2.45. The van der Waals surface area contributed by atoms with E-state index in [1.165, 1.54) is 19.1 Å². The molecule has 0 spiro atoms. The fraction of sp³-hybridized carbons (Fsp3) is 0.381. The first-order valence-corrected chi connectivity index (χ1v) is 9.92. The van der Waals surface area contributed by atoms with Gasteiger partial charge >= 0.3 is 5.69 Å². The Morgan fingerprint density at radius 3 is 2.52 bits per heavy atom. The first-order valence-electron chi connectivity index (χ1n) is 9.92. The minimum atomic E-state index is -1.67. The summed E-state index contributed by atoms with van der Waals surface area (Å²) >= 11 is 0. The van der Waals surface area contributed by atoms with Crippen molar-refractivity contribution in [3.63, 3.8) is 0 Å². The van der Waals surface area contributed by atoms with E-state index in [2.05, 4.69) is 5.32 Å². The zero-order valence-corrected chi connectivity index (χ0v) is 17.7. The Hall–Kier alpha value is -3.29. The van der Waals surface area contributed by atoms with Crippen molar-refractivity contribution in [2.75, 3.05) is 11.9 Å². The molecule has 1 heterocycles. The van der Waals surface area contributed by atoms with Crippen molar-refractivity contribution in [1.82, 2.24) is 0 Å². The van der Waals surface area contributed by atoms with Gasteiger partial charge in [0.1, 0.15) is 35.9 Å². The molecule has 5 unspecified atom stereocenters. The van der Waals surface area contributed by atoms with Crippen molar-refractivity contribution in [3.8, 4) is 17.2 Å². The number of aliphatic hydroxyl groups is 4. The third-order valence-corrected chi connectivity index (χ3v) is 4.93. The smallest absolute Gasteiger partial charge is 0.315 e. The van der Waals surface area contributed by atoms with E-state index in [-0.39, 0.29) is 23.2 Å². The molecule has 12 heteroatoms. The summed E-state index contributed by atoms with van der Waals surface area (Å²) in [5, 5.41) is 53.5. The lowest BCUT2D eigenvalue weighted by Crippen LogP contribution is -2.60. The fourth-order valence-corrected chi connectivity index (χ4v) is 3.26. The number of hydrogen-bond acceptors (Lipinski definition) is 10. The van der Waals surface area contributed by atoms with Gasteiger partial charge in [-0.05, 0) is 30.7 Å². The third-order valence-electron chi connectivity index (χ3n) is 4.93. The van der Waals surface area contributed by atoms with Gasteiger partial charge in [-0.15, -0.1) is 0 Å². The number of nitrogens with one attached hydrogen (secondary N) is 1. The Kier molecular flexibility index (Phi) is 7.46. The fourth-order valence-electron chi connectivity index (χ4n) is 3.26. The summed E-state index contributed by atoms with van der Waals surface area (Å²) in [6, 6.07) is 8.72. The number of hydrogen-bond donors (Lipinski definition) is 5. The zero-order chi connectivity index (χ0) is 24.3. The highest BCUT2D eigenvalue weighted by atomic mass is 16.7. The van der Waals surface area contributed by atoms with E-state index in [1.54, 1.807) is 25.1 Å². The van der Waals surface area contributed by atoms with Gasteiger partial charge in [-0.1, -0.05) is 6.07 Å². The molecule has 33 heavy (non-hydrogen) atoms. The minimum absolute atomic E-state index is 0.0367. The van der Waals surface area contributed by atoms with Gasteiger partial charge in [0.25, 0.3) is 0 Å². The molecule has 1 aliphatic rings. The number of amides is 1. The summed E-state index contributed by atoms with van der Waals surface area (Å²) in [5.41, 5.74) is 0.373. The van der Waals surface area contributed by atoms with E-state index in [9.17, 15) is 35.3 Å². The largest absolute Gasteiger partial charge is 0.461 e. The summed E-state index contributed by atoms with van der Waals surface area (Å²) in [6.45, 7) is 2.27.